The van der Waals surface area contributed by atoms with Crippen molar-refractivity contribution >= 4 is 68.6 Å². The zero-order valence-electron chi connectivity index (χ0n) is 21.7. The summed E-state index contributed by atoms with van der Waals surface area (Å²) in [6, 6.07) is 6.95. The normalized spacial score (nSPS) is 21.4. The maximum atomic E-state index is 13.5. The van der Waals surface area contributed by atoms with Crippen LogP contribution in [-0.2, 0) is 14.3 Å². The fourth-order valence-corrected chi connectivity index (χ4v) is 6.46. The molecular formula is C28H28ClN5O5S. The summed E-state index contributed by atoms with van der Waals surface area (Å²) in [4.78, 5) is 51.0. The lowest BCUT2D eigenvalue weighted by molar-refractivity contribution is -0.146. The topological polar surface area (TPSA) is 127 Å². The van der Waals surface area contributed by atoms with Crippen molar-refractivity contribution in [1.82, 2.24) is 14.9 Å². The van der Waals surface area contributed by atoms with E-state index in [0.717, 1.165) is 35.6 Å². The van der Waals surface area contributed by atoms with Crippen LogP contribution in [0, 0.1) is 5.92 Å². The first-order valence-corrected chi connectivity index (χ1v) is 14.7. The molecule has 0 atom stereocenters. The summed E-state index contributed by atoms with van der Waals surface area (Å²) >= 11 is 7.64. The van der Waals surface area contributed by atoms with Gasteiger partial charge in [-0.2, -0.15) is 0 Å². The number of halogens is 1. The van der Waals surface area contributed by atoms with Gasteiger partial charge in [0, 0.05) is 35.4 Å². The van der Waals surface area contributed by atoms with Gasteiger partial charge in [-0.05, 0) is 56.4 Å². The van der Waals surface area contributed by atoms with E-state index in [4.69, 9.17) is 25.7 Å². The molecule has 6 rings (SSSR count). The average molecular weight is 582 g/mol. The highest BCUT2D eigenvalue weighted by molar-refractivity contribution is 8.08. The molecule has 0 bridgehead atoms. The van der Waals surface area contributed by atoms with Crippen molar-refractivity contribution in [3.05, 3.63) is 53.0 Å². The molecule has 3 aromatic heterocycles. The standard InChI is InChI=1S/C28H28ClN5O5S/c29-17-5-10-22(30-14-17)32-28(37)26-25(24-20(39-26)9-8-19(31-24)21-2-1-13-40-21)33-27(36)16-3-6-18(7-4-16)34-11-12-38-15-23(34)35/h2,5,8-10,14,16,18H,1,3-4,6-7,11-13,15H2,(H,33,36)(H,30,32,37). The summed E-state index contributed by atoms with van der Waals surface area (Å²) in [5.41, 5.74) is 1.82. The molecule has 208 valence electrons. The smallest absolute Gasteiger partial charge is 0.294 e. The van der Waals surface area contributed by atoms with Crippen LogP contribution in [0.3, 0.4) is 0 Å². The Bertz CT molecular complexity index is 1480. The monoisotopic (exact) mass is 581 g/mol. The van der Waals surface area contributed by atoms with Crippen LogP contribution in [0.1, 0.15) is 48.4 Å². The average Bonchev–Trinajstić information content (AvgIpc) is 3.63. The number of furan rings is 1. The Hall–Kier alpha value is -3.41. The fourth-order valence-electron chi connectivity index (χ4n) is 5.40. The van der Waals surface area contributed by atoms with Crippen LogP contribution >= 0.6 is 23.4 Å². The maximum absolute atomic E-state index is 13.5. The van der Waals surface area contributed by atoms with E-state index < -0.39 is 5.91 Å². The largest absolute Gasteiger partial charge is 0.447 e. The molecule has 3 amide bonds. The van der Waals surface area contributed by atoms with Crippen LogP contribution in [0.2, 0.25) is 5.02 Å². The number of fused-ring (bicyclic) bond motifs is 1. The van der Waals surface area contributed by atoms with Gasteiger partial charge >= 0.3 is 0 Å². The molecule has 3 aromatic rings. The van der Waals surface area contributed by atoms with Gasteiger partial charge in [0.15, 0.2) is 5.58 Å². The second-order valence-corrected chi connectivity index (χ2v) is 11.6. The highest BCUT2D eigenvalue weighted by atomic mass is 35.5. The molecule has 1 saturated heterocycles. The van der Waals surface area contributed by atoms with Crippen LogP contribution in [0.5, 0.6) is 0 Å². The Morgan fingerprint density at radius 3 is 2.67 bits per heavy atom. The number of hydrogen-bond acceptors (Lipinski definition) is 8. The molecule has 2 aliphatic heterocycles. The van der Waals surface area contributed by atoms with Gasteiger partial charge in [-0.3, -0.25) is 14.4 Å². The fraction of sp³-hybridized carbons (Fsp3) is 0.393. The van der Waals surface area contributed by atoms with Crippen molar-refractivity contribution < 1.29 is 23.5 Å². The van der Waals surface area contributed by atoms with E-state index in [2.05, 4.69) is 21.7 Å². The molecule has 2 N–H and O–H groups in total. The Morgan fingerprint density at radius 1 is 1.10 bits per heavy atom. The minimum atomic E-state index is -0.561. The highest BCUT2D eigenvalue weighted by Gasteiger charge is 2.34. The van der Waals surface area contributed by atoms with Gasteiger partial charge in [-0.15, -0.1) is 11.8 Å². The summed E-state index contributed by atoms with van der Waals surface area (Å²) in [5, 5.41) is 6.13. The first-order valence-electron chi connectivity index (χ1n) is 13.3. The van der Waals surface area contributed by atoms with E-state index in [1.54, 1.807) is 30.0 Å². The van der Waals surface area contributed by atoms with E-state index in [0.29, 0.717) is 47.9 Å². The summed E-state index contributed by atoms with van der Waals surface area (Å²) in [5.74, 6) is 0.220. The van der Waals surface area contributed by atoms with Crippen LogP contribution in [0.25, 0.3) is 16.0 Å². The van der Waals surface area contributed by atoms with E-state index in [1.165, 1.54) is 6.20 Å². The van der Waals surface area contributed by atoms with E-state index in [-0.39, 0.29) is 41.8 Å². The molecule has 0 aromatic carbocycles. The lowest BCUT2D eigenvalue weighted by atomic mass is 9.84. The van der Waals surface area contributed by atoms with Crippen LogP contribution in [0.4, 0.5) is 11.5 Å². The highest BCUT2D eigenvalue weighted by Crippen LogP contribution is 2.37. The quantitative estimate of drug-likeness (QED) is 0.418. The van der Waals surface area contributed by atoms with Gasteiger partial charge in [0.05, 0.1) is 17.3 Å². The van der Waals surface area contributed by atoms with Crippen molar-refractivity contribution in [2.45, 2.75) is 38.1 Å². The lowest BCUT2D eigenvalue weighted by Gasteiger charge is -2.38. The van der Waals surface area contributed by atoms with Crippen molar-refractivity contribution in [3.63, 3.8) is 0 Å². The minimum absolute atomic E-state index is 0.00673. The molecule has 0 spiro atoms. The second kappa shape index (κ2) is 11.6. The Morgan fingerprint density at radius 2 is 1.95 bits per heavy atom. The van der Waals surface area contributed by atoms with Crippen molar-refractivity contribution in [1.29, 1.82) is 0 Å². The molecule has 10 nitrogen and oxygen atoms in total. The molecule has 1 saturated carbocycles. The molecule has 2 fully saturated rings. The third kappa shape index (κ3) is 5.59. The third-order valence-electron chi connectivity index (χ3n) is 7.45. The number of carbonyl (C=O) groups excluding carboxylic acids is 3. The van der Waals surface area contributed by atoms with Gasteiger partial charge < -0.3 is 24.7 Å². The number of anilines is 2. The van der Waals surface area contributed by atoms with Crippen LogP contribution in [0.15, 0.2) is 41.0 Å². The van der Waals surface area contributed by atoms with Gasteiger partial charge in [-0.1, -0.05) is 17.7 Å². The van der Waals surface area contributed by atoms with Gasteiger partial charge in [0.25, 0.3) is 5.91 Å². The molecule has 0 unspecified atom stereocenters. The zero-order chi connectivity index (χ0) is 27.6. The lowest BCUT2D eigenvalue weighted by Crippen LogP contribution is -2.49. The van der Waals surface area contributed by atoms with Gasteiger partial charge in [0.2, 0.25) is 17.6 Å². The third-order valence-corrected chi connectivity index (χ3v) is 8.80. The zero-order valence-corrected chi connectivity index (χ0v) is 23.2. The van der Waals surface area contributed by atoms with E-state index in [1.807, 2.05) is 11.0 Å². The van der Waals surface area contributed by atoms with E-state index in [9.17, 15) is 14.4 Å². The predicted molar refractivity (Wildman–Crippen MR) is 153 cm³/mol. The summed E-state index contributed by atoms with van der Waals surface area (Å²) in [6.07, 6.45) is 7.27. The number of hydrogen-bond donors (Lipinski definition) is 2. The van der Waals surface area contributed by atoms with Crippen LogP contribution in [-0.4, -0.2) is 64.1 Å². The predicted octanol–water partition coefficient (Wildman–Crippen LogP) is 4.96. The first-order chi connectivity index (χ1) is 19.5. The van der Waals surface area contributed by atoms with Crippen molar-refractivity contribution in [3.8, 4) is 0 Å². The molecule has 1 aliphatic carbocycles. The number of thioether (sulfide) groups is 1. The van der Waals surface area contributed by atoms with Crippen molar-refractivity contribution in [2.75, 3.05) is 36.1 Å². The molecule has 0 radical (unpaired) electrons. The van der Waals surface area contributed by atoms with Crippen molar-refractivity contribution in [2.24, 2.45) is 5.92 Å². The van der Waals surface area contributed by atoms with E-state index >= 15 is 0 Å². The molecular weight excluding hydrogens is 554 g/mol. The van der Waals surface area contributed by atoms with Gasteiger partial charge in [-0.25, -0.2) is 9.97 Å². The number of amides is 3. The SMILES string of the molecule is O=C(Nc1ccc(Cl)cn1)c1oc2ccc(C3=CCCS3)nc2c1NC(=O)C1CCC(N2CCOCC2=O)CC1. The summed E-state index contributed by atoms with van der Waals surface area (Å²) < 4.78 is 11.2. The van der Waals surface area contributed by atoms with Crippen LogP contribution < -0.4 is 10.6 Å². The Labute approximate surface area is 239 Å². The number of carbonyl (C=O) groups is 3. The number of nitrogens with one attached hydrogen (secondary N) is 2. The number of allylic oxidation sites excluding steroid dienone is 1. The number of ether oxygens (including phenoxy) is 1. The minimum Gasteiger partial charge on any atom is -0.447 e. The number of rotatable bonds is 6. The maximum Gasteiger partial charge on any atom is 0.294 e. The number of aromatic nitrogens is 2. The molecule has 5 heterocycles. The number of nitrogens with zero attached hydrogens (tertiary/aromatic N) is 3. The Kier molecular flexibility index (Phi) is 7.77. The summed E-state index contributed by atoms with van der Waals surface area (Å²) in [7, 11) is 0. The first kappa shape index (κ1) is 26.8. The second-order valence-electron chi connectivity index (χ2n) is 10.0. The summed E-state index contributed by atoms with van der Waals surface area (Å²) in [6.45, 7) is 1.25. The van der Waals surface area contributed by atoms with Gasteiger partial charge in [0.1, 0.15) is 23.6 Å². The molecule has 3 aliphatic rings. The molecule has 12 heteroatoms. The molecule has 40 heavy (non-hydrogen) atoms. The number of morpholine rings is 1. The number of pyridine rings is 2. The Balaban J connectivity index is 1.24.